The third-order valence-electron chi connectivity index (χ3n) is 8.01. The van der Waals surface area contributed by atoms with Crippen molar-refractivity contribution in [2.45, 2.75) is 12.8 Å². The minimum atomic E-state index is -1.42. The summed E-state index contributed by atoms with van der Waals surface area (Å²) in [4.78, 5) is 29.0. The fourth-order valence-electron chi connectivity index (χ4n) is 5.47. The van der Waals surface area contributed by atoms with Crippen LogP contribution >= 0.6 is 11.6 Å². The van der Waals surface area contributed by atoms with Crippen molar-refractivity contribution in [2.24, 2.45) is 23.7 Å². The molecule has 14 heteroatoms. The molecule has 216 valence electrons. The second-order valence-electron chi connectivity index (χ2n) is 11.1. The van der Waals surface area contributed by atoms with Crippen LogP contribution in [0.3, 0.4) is 0 Å². The highest BCUT2D eigenvalue weighted by molar-refractivity contribution is 6.58. The molecule has 4 aromatic rings. The van der Waals surface area contributed by atoms with E-state index in [-0.39, 0.29) is 5.28 Å². The lowest BCUT2D eigenvalue weighted by Crippen LogP contribution is -2.31. The number of hydrogen-bond acceptors (Lipinski definition) is 12. The molecule has 4 unspecified atom stereocenters. The highest BCUT2D eigenvalue weighted by atomic mass is 35.5. The van der Waals surface area contributed by atoms with E-state index < -0.39 is 7.12 Å². The van der Waals surface area contributed by atoms with Gasteiger partial charge >= 0.3 is 7.12 Å². The lowest BCUT2D eigenvalue weighted by Gasteiger charge is -2.18. The average molecular weight is 587 g/mol. The molecule has 4 aliphatic rings. The molecule has 42 heavy (non-hydrogen) atoms. The molecule has 4 fully saturated rings. The Balaban J connectivity index is 0.000000122. The summed E-state index contributed by atoms with van der Waals surface area (Å²) in [6, 6.07) is 10.9. The van der Waals surface area contributed by atoms with Crippen molar-refractivity contribution in [3.8, 4) is 11.4 Å². The molecular formula is C28H32BClN10O2. The van der Waals surface area contributed by atoms with Crippen LogP contribution in [0.5, 0.6) is 0 Å². The summed E-state index contributed by atoms with van der Waals surface area (Å²) in [6.07, 6.45) is 9.32. The van der Waals surface area contributed by atoms with Crippen molar-refractivity contribution in [1.29, 1.82) is 0 Å². The van der Waals surface area contributed by atoms with Crippen molar-refractivity contribution in [3.63, 3.8) is 0 Å². The molecule has 2 aliphatic heterocycles. The summed E-state index contributed by atoms with van der Waals surface area (Å²) in [7, 11) is -1.42. The number of nitrogen functional groups attached to an aromatic ring is 2. The van der Waals surface area contributed by atoms with Gasteiger partial charge in [0.1, 0.15) is 23.3 Å². The number of halogens is 1. The van der Waals surface area contributed by atoms with Crippen LogP contribution in [0, 0.1) is 23.7 Å². The van der Waals surface area contributed by atoms with Gasteiger partial charge in [-0.1, -0.05) is 6.07 Å². The van der Waals surface area contributed by atoms with Gasteiger partial charge in [-0.05, 0) is 78.4 Å². The Hall–Kier alpha value is -4.07. The molecular weight excluding hydrogens is 555 g/mol. The lowest BCUT2D eigenvalue weighted by molar-refractivity contribution is 0.425. The summed E-state index contributed by atoms with van der Waals surface area (Å²) >= 11 is 5.34. The Morgan fingerprint density at radius 2 is 1.24 bits per heavy atom. The van der Waals surface area contributed by atoms with Crippen LogP contribution in [0.25, 0.3) is 11.4 Å². The number of nitrogens with zero attached hydrogens (tertiary/aromatic N) is 8. The largest absolute Gasteiger partial charge is 0.490 e. The van der Waals surface area contributed by atoms with E-state index in [1.54, 1.807) is 24.4 Å². The van der Waals surface area contributed by atoms with E-state index >= 15 is 0 Å². The normalized spacial score (nSPS) is 22.6. The van der Waals surface area contributed by atoms with Gasteiger partial charge in [0.05, 0.1) is 0 Å². The van der Waals surface area contributed by atoms with E-state index in [9.17, 15) is 0 Å². The molecule has 12 nitrogen and oxygen atoms in total. The van der Waals surface area contributed by atoms with Gasteiger partial charge in [-0.2, -0.15) is 0 Å². The van der Waals surface area contributed by atoms with Gasteiger partial charge in [0, 0.05) is 62.0 Å². The fraction of sp³-hybridized carbons (Fsp3) is 0.357. The van der Waals surface area contributed by atoms with Crippen LogP contribution in [0.1, 0.15) is 12.8 Å². The summed E-state index contributed by atoms with van der Waals surface area (Å²) in [6.45, 7) is 4.54. The first-order valence-corrected chi connectivity index (χ1v) is 14.3. The monoisotopic (exact) mass is 586 g/mol. The summed E-state index contributed by atoms with van der Waals surface area (Å²) in [5.41, 5.74) is 12.2. The van der Waals surface area contributed by atoms with Crippen molar-refractivity contribution >= 4 is 47.5 Å². The Kier molecular flexibility index (Phi) is 8.05. The molecule has 2 saturated heterocycles. The van der Waals surface area contributed by atoms with E-state index in [0.29, 0.717) is 22.9 Å². The van der Waals surface area contributed by atoms with Crippen LogP contribution in [-0.4, -0.2) is 73.2 Å². The van der Waals surface area contributed by atoms with Crippen molar-refractivity contribution < 1.29 is 10.0 Å². The van der Waals surface area contributed by atoms with Gasteiger partial charge in [-0.25, -0.2) is 29.9 Å². The molecule has 0 aromatic carbocycles. The minimum absolute atomic E-state index is 0.185. The van der Waals surface area contributed by atoms with Crippen molar-refractivity contribution in [3.05, 3.63) is 66.5 Å². The third kappa shape index (κ3) is 6.86. The van der Waals surface area contributed by atoms with Gasteiger partial charge in [-0.15, -0.1) is 0 Å². The molecule has 6 N–H and O–H groups in total. The predicted octanol–water partition coefficient (Wildman–Crippen LogP) is 1.51. The van der Waals surface area contributed by atoms with Crippen molar-refractivity contribution in [1.82, 2.24) is 29.9 Å². The fourth-order valence-corrected chi connectivity index (χ4v) is 5.63. The first kappa shape index (κ1) is 28.1. The van der Waals surface area contributed by atoms with Gasteiger partial charge in [0.15, 0.2) is 5.82 Å². The van der Waals surface area contributed by atoms with Crippen molar-refractivity contribution in [2.75, 3.05) is 47.4 Å². The number of piperidine rings is 2. The SMILES string of the molecule is Nc1ccnc(-c2ccc(N3CC4CC4C3)nc2)n1.Nc1ccnc(Cl)n1.OB(O)c1ccc(N2CC3CC3C2)nc1. The number of hydrogen-bond donors (Lipinski definition) is 4. The summed E-state index contributed by atoms with van der Waals surface area (Å²) in [5, 5.41) is 18.0. The smallest absolute Gasteiger partial charge is 0.423 e. The topological polar surface area (TPSA) is 176 Å². The molecule has 4 aromatic heterocycles. The molecule has 0 amide bonds. The molecule has 0 spiro atoms. The van der Waals surface area contributed by atoms with Gasteiger partial charge < -0.3 is 31.3 Å². The maximum absolute atomic E-state index is 8.93. The Morgan fingerprint density at radius 1 is 0.690 bits per heavy atom. The van der Waals surface area contributed by atoms with Crippen LogP contribution < -0.4 is 26.7 Å². The van der Waals surface area contributed by atoms with E-state index in [1.807, 2.05) is 24.4 Å². The predicted molar refractivity (Wildman–Crippen MR) is 163 cm³/mol. The molecule has 0 radical (unpaired) electrons. The molecule has 2 saturated carbocycles. The number of rotatable bonds is 4. The number of pyridine rings is 2. The maximum Gasteiger partial charge on any atom is 0.490 e. The standard InChI is InChI=1S/C14H15N5.C10H13BN2O2.C4H4ClN3/c15-12-3-4-16-14(18-12)9-1-2-13(17-6-9)19-7-10-5-11(10)8-19;14-11(15)9-1-2-10(12-4-9)13-5-7-3-8(7)6-13;5-4-7-2-1-3(6)8-4/h1-4,6,10-11H,5,7-8H2,(H2,15,16,18);1-2,4,7-8,14-15H,3,5-6H2;1-2H,(H2,6,7,8). The molecule has 8 rings (SSSR count). The number of nitrogens with two attached hydrogens (primary N) is 2. The van der Waals surface area contributed by atoms with Crippen LogP contribution in [0.2, 0.25) is 5.28 Å². The van der Waals surface area contributed by atoms with E-state index in [4.69, 9.17) is 33.1 Å². The zero-order valence-corrected chi connectivity index (χ0v) is 23.7. The zero-order valence-electron chi connectivity index (χ0n) is 22.9. The molecule has 2 aliphatic carbocycles. The van der Waals surface area contributed by atoms with Gasteiger partial charge in [0.2, 0.25) is 5.28 Å². The highest BCUT2D eigenvalue weighted by Crippen LogP contribution is 2.46. The first-order chi connectivity index (χ1) is 20.3. The Bertz CT molecular complexity index is 1480. The summed E-state index contributed by atoms with van der Waals surface area (Å²) in [5.74, 6) is 7.11. The quantitative estimate of drug-likeness (QED) is 0.200. The summed E-state index contributed by atoms with van der Waals surface area (Å²) < 4.78 is 0. The first-order valence-electron chi connectivity index (χ1n) is 13.9. The second kappa shape index (κ2) is 12.0. The molecule has 0 bridgehead atoms. The number of aromatic nitrogens is 6. The van der Waals surface area contributed by atoms with E-state index in [0.717, 1.165) is 67.0 Å². The average Bonchev–Trinajstić information content (AvgIpc) is 3.83. The lowest BCUT2D eigenvalue weighted by atomic mass is 9.82. The molecule has 4 atom stereocenters. The van der Waals surface area contributed by atoms with E-state index in [2.05, 4.69) is 39.7 Å². The van der Waals surface area contributed by atoms with E-state index in [1.165, 1.54) is 25.2 Å². The number of anilines is 4. The third-order valence-corrected chi connectivity index (χ3v) is 8.19. The maximum atomic E-state index is 8.93. The van der Waals surface area contributed by atoms with Gasteiger partial charge in [-0.3, -0.25) is 0 Å². The Labute approximate surface area is 249 Å². The minimum Gasteiger partial charge on any atom is -0.423 e. The molecule has 6 heterocycles. The number of fused-ring (bicyclic) bond motifs is 2. The Morgan fingerprint density at radius 3 is 1.67 bits per heavy atom. The van der Waals surface area contributed by atoms with Crippen LogP contribution in [0.15, 0.2) is 61.2 Å². The van der Waals surface area contributed by atoms with Gasteiger partial charge in [0.25, 0.3) is 0 Å². The zero-order chi connectivity index (χ0) is 29.2. The van der Waals surface area contributed by atoms with Crippen LogP contribution in [-0.2, 0) is 0 Å². The van der Waals surface area contributed by atoms with Crippen LogP contribution in [0.4, 0.5) is 23.3 Å². The second-order valence-corrected chi connectivity index (χ2v) is 11.4. The highest BCUT2D eigenvalue weighted by Gasteiger charge is 2.46.